The highest BCUT2D eigenvalue weighted by Gasteiger charge is 2.15. The molecule has 4 nitrogen and oxygen atoms in total. The summed E-state index contributed by atoms with van der Waals surface area (Å²) < 4.78 is 11.3. The lowest BCUT2D eigenvalue weighted by Gasteiger charge is -2.22. The second-order valence-corrected chi connectivity index (χ2v) is 5.09. The van der Waals surface area contributed by atoms with E-state index >= 15 is 0 Å². The first-order valence-corrected chi connectivity index (χ1v) is 6.42. The lowest BCUT2D eigenvalue weighted by Crippen LogP contribution is -2.37. The van der Waals surface area contributed by atoms with Gasteiger partial charge in [0.1, 0.15) is 6.61 Å². The Labute approximate surface area is 116 Å². The van der Waals surface area contributed by atoms with Crippen LogP contribution >= 0.6 is 15.9 Å². The summed E-state index contributed by atoms with van der Waals surface area (Å²) in [4.78, 5) is 13.8. The Balaban J connectivity index is 2.51. The fourth-order valence-corrected chi connectivity index (χ4v) is 1.64. The third-order valence-corrected chi connectivity index (χ3v) is 3.10. The van der Waals surface area contributed by atoms with Crippen LogP contribution in [0.25, 0.3) is 0 Å². The van der Waals surface area contributed by atoms with Gasteiger partial charge in [0.25, 0.3) is 0 Å². The van der Waals surface area contributed by atoms with E-state index in [-0.39, 0.29) is 12.0 Å². The van der Waals surface area contributed by atoms with Gasteiger partial charge < -0.3 is 14.4 Å². The quantitative estimate of drug-likeness (QED) is 0.754. The molecule has 0 N–H and O–H groups in total. The van der Waals surface area contributed by atoms with Crippen LogP contribution in [-0.2, 0) is 9.47 Å². The third kappa shape index (κ3) is 4.76. The van der Waals surface area contributed by atoms with Gasteiger partial charge in [-0.1, -0.05) is 15.9 Å². The molecule has 0 saturated heterocycles. The molecule has 0 bridgehead atoms. The first-order chi connectivity index (χ1) is 8.54. The zero-order valence-corrected chi connectivity index (χ0v) is 12.4. The fraction of sp³-hybridized carbons (Fsp3) is 0.462. The number of methoxy groups -OCH3 is 1. The van der Waals surface area contributed by atoms with E-state index in [2.05, 4.69) is 15.9 Å². The predicted octanol–water partition coefficient (Wildman–Crippen LogP) is 2.18. The first kappa shape index (κ1) is 15.1. The molecule has 0 aliphatic carbocycles. The molecule has 0 amide bonds. The maximum atomic E-state index is 11.8. The Morgan fingerprint density at radius 3 is 2.39 bits per heavy atom. The molecule has 0 aromatic heterocycles. The van der Waals surface area contributed by atoms with Crippen LogP contribution in [0.1, 0.15) is 10.4 Å². The number of hydrogen-bond acceptors (Lipinski definition) is 4. The van der Waals surface area contributed by atoms with Crippen molar-refractivity contribution < 1.29 is 14.3 Å². The highest BCUT2D eigenvalue weighted by molar-refractivity contribution is 9.10. The Kier molecular flexibility index (Phi) is 6.32. The third-order valence-electron chi connectivity index (χ3n) is 2.58. The van der Waals surface area contributed by atoms with Crippen molar-refractivity contribution in [3.05, 3.63) is 34.3 Å². The number of carbonyl (C=O) groups is 1. The SMILES string of the molecule is COCC(COC(=O)c1ccc(Br)cc1)N(C)C. The fourth-order valence-electron chi connectivity index (χ4n) is 1.38. The number of ether oxygens (including phenoxy) is 2. The smallest absolute Gasteiger partial charge is 0.338 e. The molecule has 1 unspecified atom stereocenters. The van der Waals surface area contributed by atoms with E-state index in [4.69, 9.17) is 9.47 Å². The molecule has 1 rings (SSSR count). The minimum Gasteiger partial charge on any atom is -0.460 e. The lowest BCUT2D eigenvalue weighted by atomic mass is 10.2. The summed E-state index contributed by atoms with van der Waals surface area (Å²) in [6.07, 6.45) is 0. The largest absolute Gasteiger partial charge is 0.460 e. The van der Waals surface area contributed by atoms with Crippen molar-refractivity contribution in [1.29, 1.82) is 0 Å². The number of benzene rings is 1. The van der Waals surface area contributed by atoms with Crippen LogP contribution in [0, 0.1) is 0 Å². The van der Waals surface area contributed by atoms with E-state index in [1.54, 1.807) is 19.2 Å². The van der Waals surface area contributed by atoms with Crippen molar-refractivity contribution in [2.45, 2.75) is 6.04 Å². The molecule has 0 fully saturated rings. The molecule has 18 heavy (non-hydrogen) atoms. The summed E-state index contributed by atoms with van der Waals surface area (Å²) in [6.45, 7) is 0.844. The normalized spacial score (nSPS) is 12.5. The minimum absolute atomic E-state index is 0.0643. The molecular formula is C13H18BrNO3. The molecule has 0 heterocycles. The second-order valence-electron chi connectivity index (χ2n) is 4.18. The molecule has 1 aromatic carbocycles. The van der Waals surface area contributed by atoms with Gasteiger partial charge in [0, 0.05) is 11.6 Å². The highest BCUT2D eigenvalue weighted by Crippen LogP contribution is 2.11. The Bertz CT molecular complexity index is 378. The van der Waals surface area contributed by atoms with Crippen LogP contribution in [0.15, 0.2) is 28.7 Å². The summed E-state index contributed by atoms with van der Waals surface area (Å²) in [5.74, 6) is -0.314. The summed E-state index contributed by atoms with van der Waals surface area (Å²) >= 11 is 3.32. The maximum absolute atomic E-state index is 11.8. The molecule has 1 aromatic rings. The van der Waals surface area contributed by atoms with Gasteiger partial charge in [0.05, 0.1) is 18.2 Å². The molecule has 0 spiro atoms. The maximum Gasteiger partial charge on any atom is 0.338 e. The first-order valence-electron chi connectivity index (χ1n) is 5.62. The van der Waals surface area contributed by atoms with E-state index in [1.165, 1.54) is 0 Å². The van der Waals surface area contributed by atoms with E-state index in [0.717, 1.165) is 4.47 Å². The summed E-state index contributed by atoms with van der Waals surface area (Å²) in [6, 6.07) is 7.15. The van der Waals surface area contributed by atoms with Gasteiger partial charge in [-0.25, -0.2) is 4.79 Å². The van der Waals surface area contributed by atoms with Crippen molar-refractivity contribution >= 4 is 21.9 Å². The lowest BCUT2D eigenvalue weighted by molar-refractivity contribution is 0.0274. The van der Waals surface area contributed by atoms with Crippen molar-refractivity contribution in [3.63, 3.8) is 0 Å². The molecular weight excluding hydrogens is 298 g/mol. The van der Waals surface area contributed by atoms with Crippen LogP contribution in [0.4, 0.5) is 0 Å². The zero-order valence-electron chi connectivity index (χ0n) is 10.9. The molecule has 0 aliphatic rings. The Morgan fingerprint density at radius 2 is 1.89 bits per heavy atom. The van der Waals surface area contributed by atoms with Crippen LogP contribution in [0.5, 0.6) is 0 Å². The number of carbonyl (C=O) groups excluding carboxylic acids is 1. The Hall–Kier alpha value is -0.910. The van der Waals surface area contributed by atoms with Crippen molar-refractivity contribution in [2.75, 3.05) is 34.4 Å². The van der Waals surface area contributed by atoms with E-state index in [9.17, 15) is 4.79 Å². The molecule has 1 atom stereocenters. The standard InChI is InChI=1S/C13H18BrNO3/c1-15(2)12(8-17-3)9-18-13(16)10-4-6-11(14)7-5-10/h4-7,12H,8-9H2,1-3H3. The summed E-state index contributed by atoms with van der Waals surface area (Å²) in [5, 5.41) is 0. The Morgan fingerprint density at radius 1 is 1.28 bits per heavy atom. The molecule has 100 valence electrons. The van der Waals surface area contributed by atoms with Crippen LogP contribution in [0.2, 0.25) is 0 Å². The van der Waals surface area contributed by atoms with E-state index < -0.39 is 0 Å². The second kappa shape index (κ2) is 7.51. The van der Waals surface area contributed by atoms with Crippen molar-refractivity contribution in [1.82, 2.24) is 4.90 Å². The highest BCUT2D eigenvalue weighted by atomic mass is 79.9. The van der Waals surface area contributed by atoms with Crippen molar-refractivity contribution in [2.24, 2.45) is 0 Å². The monoisotopic (exact) mass is 315 g/mol. The predicted molar refractivity (Wildman–Crippen MR) is 73.8 cm³/mol. The number of hydrogen-bond donors (Lipinski definition) is 0. The van der Waals surface area contributed by atoms with Crippen LogP contribution in [-0.4, -0.2) is 51.3 Å². The van der Waals surface area contributed by atoms with Gasteiger partial charge in [0.2, 0.25) is 0 Å². The van der Waals surface area contributed by atoms with Crippen LogP contribution < -0.4 is 0 Å². The van der Waals surface area contributed by atoms with Gasteiger partial charge in [-0.05, 0) is 38.4 Å². The number of esters is 1. The summed E-state index contributed by atoms with van der Waals surface area (Å²) in [5.41, 5.74) is 0.549. The topological polar surface area (TPSA) is 38.8 Å². The molecule has 0 aliphatic heterocycles. The van der Waals surface area contributed by atoms with Crippen molar-refractivity contribution in [3.8, 4) is 0 Å². The van der Waals surface area contributed by atoms with Gasteiger partial charge in [0.15, 0.2) is 0 Å². The van der Waals surface area contributed by atoms with Gasteiger partial charge in [-0.2, -0.15) is 0 Å². The molecule has 0 radical (unpaired) electrons. The van der Waals surface area contributed by atoms with Gasteiger partial charge in [-0.3, -0.25) is 0 Å². The number of likely N-dealkylation sites (N-methyl/N-ethyl adjacent to an activating group) is 1. The average molecular weight is 316 g/mol. The minimum atomic E-state index is -0.314. The average Bonchev–Trinajstić information content (AvgIpc) is 2.34. The van der Waals surface area contributed by atoms with E-state index in [0.29, 0.717) is 18.8 Å². The van der Waals surface area contributed by atoms with Gasteiger partial charge >= 0.3 is 5.97 Å². The number of nitrogens with zero attached hydrogens (tertiary/aromatic N) is 1. The van der Waals surface area contributed by atoms with Crippen LogP contribution in [0.3, 0.4) is 0 Å². The summed E-state index contributed by atoms with van der Waals surface area (Å²) in [7, 11) is 5.49. The molecule has 0 saturated carbocycles. The zero-order chi connectivity index (χ0) is 13.5. The van der Waals surface area contributed by atoms with Gasteiger partial charge in [-0.15, -0.1) is 0 Å². The molecule has 5 heteroatoms. The van der Waals surface area contributed by atoms with E-state index in [1.807, 2.05) is 31.1 Å². The number of halogens is 1. The number of rotatable bonds is 6.